The van der Waals surface area contributed by atoms with Crippen molar-refractivity contribution < 1.29 is 0 Å². The van der Waals surface area contributed by atoms with Crippen LogP contribution in [0.1, 0.15) is 5.82 Å². The van der Waals surface area contributed by atoms with E-state index in [1.54, 1.807) is 0 Å². The Morgan fingerprint density at radius 1 is 1.43 bits per heavy atom. The molecule has 0 saturated heterocycles. The van der Waals surface area contributed by atoms with Crippen LogP contribution in [0, 0.1) is 0 Å². The van der Waals surface area contributed by atoms with E-state index in [1.165, 1.54) is 0 Å². The molecule has 0 atom stereocenters. The second-order valence-electron chi connectivity index (χ2n) is 3.49. The van der Waals surface area contributed by atoms with E-state index < -0.39 is 0 Å². The molecule has 0 bridgehead atoms. The van der Waals surface area contributed by atoms with E-state index in [9.17, 15) is 0 Å². The minimum Gasteiger partial charge on any atom is -0.326 e. The van der Waals surface area contributed by atoms with Crippen molar-refractivity contribution >= 4 is 22.6 Å². The summed E-state index contributed by atoms with van der Waals surface area (Å²) in [6, 6.07) is 5.85. The van der Waals surface area contributed by atoms with E-state index in [2.05, 4.69) is 14.9 Å². The topological polar surface area (TPSA) is 29.9 Å². The number of hydrogen-bond acceptors (Lipinski definition) is 2. The fraction of sp³-hybridized carbons (Fsp3) is 0.300. The van der Waals surface area contributed by atoms with E-state index in [0.29, 0.717) is 0 Å². The molecule has 0 unspecified atom stereocenters. The maximum atomic E-state index is 5.96. The van der Waals surface area contributed by atoms with Gasteiger partial charge >= 0.3 is 0 Å². The number of fused-ring (bicyclic) bond motifs is 3. The van der Waals surface area contributed by atoms with Crippen molar-refractivity contribution in [2.45, 2.75) is 13.1 Å². The number of nitrogens with one attached hydrogen (secondary N) is 1. The van der Waals surface area contributed by atoms with Gasteiger partial charge in [-0.1, -0.05) is 11.6 Å². The monoisotopic (exact) mass is 207 g/mol. The predicted molar refractivity (Wildman–Crippen MR) is 56.4 cm³/mol. The van der Waals surface area contributed by atoms with Gasteiger partial charge in [-0.05, 0) is 18.2 Å². The highest BCUT2D eigenvalue weighted by atomic mass is 35.5. The lowest BCUT2D eigenvalue weighted by Gasteiger charge is -2.15. The second kappa shape index (κ2) is 2.97. The molecule has 0 saturated carbocycles. The molecular formula is C10H10ClN3. The summed E-state index contributed by atoms with van der Waals surface area (Å²) in [5.74, 6) is 1.11. The zero-order valence-electron chi connectivity index (χ0n) is 7.63. The molecular weight excluding hydrogens is 198 g/mol. The van der Waals surface area contributed by atoms with Crippen molar-refractivity contribution in [3.63, 3.8) is 0 Å². The second-order valence-corrected chi connectivity index (χ2v) is 3.93. The van der Waals surface area contributed by atoms with Crippen LogP contribution in [0.5, 0.6) is 0 Å². The number of rotatable bonds is 0. The number of nitrogens with zero attached hydrogens (tertiary/aromatic N) is 2. The summed E-state index contributed by atoms with van der Waals surface area (Å²) in [6.45, 7) is 2.84. The van der Waals surface area contributed by atoms with Crippen LogP contribution in [0.4, 0.5) is 0 Å². The van der Waals surface area contributed by atoms with Crippen LogP contribution in [-0.2, 0) is 13.1 Å². The van der Waals surface area contributed by atoms with E-state index in [-0.39, 0.29) is 0 Å². The molecule has 14 heavy (non-hydrogen) atoms. The number of hydrogen-bond donors (Lipinski definition) is 1. The predicted octanol–water partition coefficient (Wildman–Crippen LogP) is 1.79. The minimum atomic E-state index is 0.777. The van der Waals surface area contributed by atoms with Crippen molar-refractivity contribution in [1.82, 2.24) is 14.9 Å². The van der Waals surface area contributed by atoms with Gasteiger partial charge in [-0.15, -0.1) is 0 Å². The summed E-state index contributed by atoms with van der Waals surface area (Å²) in [4.78, 5) is 4.54. The highest BCUT2D eigenvalue weighted by molar-refractivity contribution is 6.31. The molecule has 72 valence electrons. The van der Waals surface area contributed by atoms with E-state index in [1.807, 2.05) is 18.2 Å². The van der Waals surface area contributed by atoms with Gasteiger partial charge in [0.1, 0.15) is 5.82 Å². The molecule has 1 aromatic heterocycles. The molecule has 1 aliphatic heterocycles. The first-order valence-corrected chi connectivity index (χ1v) is 5.08. The Hall–Kier alpha value is -1.06. The highest BCUT2D eigenvalue weighted by Crippen LogP contribution is 2.21. The number of halogens is 1. The van der Waals surface area contributed by atoms with Crippen molar-refractivity contribution in [3.05, 3.63) is 29.0 Å². The lowest BCUT2D eigenvalue weighted by molar-refractivity contribution is 0.514. The summed E-state index contributed by atoms with van der Waals surface area (Å²) >= 11 is 5.96. The molecule has 0 aliphatic carbocycles. The minimum absolute atomic E-state index is 0.777. The number of imidazole rings is 1. The van der Waals surface area contributed by atoms with Crippen LogP contribution in [0.25, 0.3) is 11.0 Å². The Bertz CT molecular complexity index is 489. The van der Waals surface area contributed by atoms with Crippen LogP contribution >= 0.6 is 11.6 Å². The lowest BCUT2D eigenvalue weighted by Crippen LogP contribution is -2.28. The molecule has 0 spiro atoms. The van der Waals surface area contributed by atoms with Gasteiger partial charge in [0.05, 0.1) is 17.6 Å². The Morgan fingerprint density at radius 2 is 2.36 bits per heavy atom. The first kappa shape index (κ1) is 8.26. The molecule has 4 heteroatoms. The standard InChI is InChI=1S/C10H10ClN3/c11-7-1-2-8-9(5-7)14-4-3-12-6-10(14)13-8/h1-2,5,12H,3-4,6H2. The summed E-state index contributed by atoms with van der Waals surface area (Å²) < 4.78 is 2.23. The van der Waals surface area contributed by atoms with Crippen LogP contribution in [0.3, 0.4) is 0 Å². The quantitative estimate of drug-likeness (QED) is 0.714. The van der Waals surface area contributed by atoms with Crippen LogP contribution < -0.4 is 5.32 Å². The fourth-order valence-electron chi connectivity index (χ4n) is 1.92. The largest absolute Gasteiger partial charge is 0.326 e. The third kappa shape index (κ3) is 1.13. The zero-order valence-corrected chi connectivity index (χ0v) is 8.38. The summed E-state index contributed by atoms with van der Waals surface area (Å²) in [6.07, 6.45) is 0. The summed E-state index contributed by atoms with van der Waals surface area (Å²) in [5, 5.41) is 4.08. The summed E-state index contributed by atoms with van der Waals surface area (Å²) in [5.41, 5.74) is 2.18. The van der Waals surface area contributed by atoms with Gasteiger partial charge < -0.3 is 9.88 Å². The Kier molecular flexibility index (Phi) is 1.75. The molecule has 0 amide bonds. The van der Waals surface area contributed by atoms with E-state index in [0.717, 1.165) is 41.5 Å². The average Bonchev–Trinajstić information content (AvgIpc) is 2.56. The molecule has 2 aromatic rings. The molecule has 0 fully saturated rings. The third-order valence-corrected chi connectivity index (χ3v) is 2.82. The first-order chi connectivity index (χ1) is 6.84. The van der Waals surface area contributed by atoms with Gasteiger partial charge in [0.2, 0.25) is 0 Å². The first-order valence-electron chi connectivity index (χ1n) is 4.70. The van der Waals surface area contributed by atoms with Crippen LogP contribution in [-0.4, -0.2) is 16.1 Å². The normalized spacial score (nSPS) is 15.8. The zero-order chi connectivity index (χ0) is 9.54. The molecule has 1 aliphatic rings. The van der Waals surface area contributed by atoms with Gasteiger partial charge in [0.15, 0.2) is 0 Å². The molecule has 3 rings (SSSR count). The maximum absolute atomic E-state index is 5.96. The van der Waals surface area contributed by atoms with Gasteiger partial charge in [-0.3, -0.25) is 0 Å². The molecule has 1 aromatic carbocycles. The molecule has 2 heterocycles. The molecule has 0 radical (unpaired) electrons. The van der Waals surface area contributed by atoms with Crippen molar-refractivity contribution in [3.8, 4) is 0 Å². The van der Waals surface area contributed by atoms with Gasteiger partial charge in [-0.25, -0.2) is 4.98 Å². The molecule has 3 nitrogen and oxygen atoms in total. The van der Waals surface area contributed by atoms with Gasteiger partial charge in [0.25, 0.3) is 0 Å². The maximum Gasteiger partial charge on any atom is 0.123 e. The third-order valence-electron chi connectivity index (χ3n) is 2.58. The average molecular weight is 208 g/mol. The lowest BCUT2D eigenvalue weighted by atomic mass is 10.3. The van der Waals surface area contributed by atoms with Crippen molar-refractivity contribution in [1.29, 1.82) is 0 Å². The summed E-state index contributed by atoms with van der Waals surface area (Å²) in [7, 11) is 0. The Labute approximate surface area is 86.7 Å². The van der Waals surface area contributed by atoms with E-state index in [4.69, 9.17) is 11.6 Å². The highest BCUT2D eigenvalue weighted by Gasteiger charge is 2.13. The SMILES string of the molecule is Clc1ccc2nc3n(c2c1)CCNC3. The number of benzene rings is 1. The van der Waals surface area contributed by atoms with Crippen molar-refractivity contribution in [2.24, 2.45) is 0 Å². The fourth-order valence-corrected chi connectivity index (χ4v) is 2.09. The number of aromatic nitrogens is 2. The Morgan fingerprint density at radius 3 is 3.29 bits per heavy atom. The van der Waals surface area contributed by atoms with Crippen LogP contribution in [0.2, 0.25) is 5.02 Å². The van der Waals surface area contributed by atoms with Crippen LogP contribution in [0.15, 0.2) is 18.2 Å². The van der Waals surface area contributed by atoms with E-state index >= 15 is 0 Å². The smallest absolute Gasteiger partial charge is 0.123 e. The molecule has 1 N–H and O–H groups in total. The Balaban J connectivity index is 2.32. The van der Waals surface area contributed by atoms with Gasteiger partial charge in [0, 0.05) is 18.1 Å². The van der Waals surface area contributed by atoms with Gasteiger partial charge in [-0.2, -0.15) is 0 Å². The van der Waals surface area contributed by atoms with Crippen molar-refractivity contribution in [2.75, 3.05) is 6.54 Å².